The third-order valence-electron chi connectivity index (χ3n) is 7.77. The summed E-state index contributed by atoms with van der Waals surface area (Å²) in [6.07, 6.45) is 11.5. The predicted molar refractivity (Wildman–Crippen MR) is 179 cm³/mol. The van der Waals surface area contributed by atoms with Crippen molar-refractivity contribution in [2.24, 2.45) is 14.1 Å². The highest BCUT2D eigenvalue weighted by Gasteiger charge is 2.20. The molecule has 2 heterocycles. The fourth-order valence-corrected chi connectivity index (χ4v) is 5.55. The second kappa shape index (κ2) is 16.5. The van der Waals surface area contributed by atoms with E-state index < -0.39 is 5.60 Å². The first kappa shape index (κ1) is 35.7. The number of fused-ring (bicyclic) bond motifs is 1. The Bertz CT molecular complexity index is 1480. The highest BCUT2D eigenvalue weighted by atomic mass is 16.6. The van der Waals surface area contributed by atoms with Crippen LogP contribution in [0.15, 0.2) is 35.4 Å². The SMILES string of the molecule is COc1cc(-c2cn(C)c(=O)c3c2ccn3C)cc(OC)c1CN(C)CC(=O)NCCCCCCCCCC(=O)OC(C)(C)C. The van der Waals surface area contributed by atoms with Gasteiger partial charge in [-0.2, -0.15) is 0 Å². The Morgan fingerprint density at radius 1 is 0.911 bits per heavy atom. The van der Waals surface area contributed by atoms with E-state index in [4.69, 9.17) is 14.2 Å². The average Bonchev–Trinajstić information content (AvgIpc) is 3.36. The summed E-state index contributed by atoms with van der Waals surface area (Å²) in [5.41, 5.74) is 2.79. The molecule has 10 nitrogen and oxygen atoms in total. The van der Waals surface area contributed by atoms with Crippen molar-refractivity contribution in [3.8, 4) is 22.6 Å². The number of aromatic nitrogens is 2. The Labute approximate surface area is 267 Å². The highest BCUT2D eigenvalue weighted by molar-refractivity contribution is 5.95. The third kappa shape index (κ3) is 10.4. The summed E-state index contributed by atoms with van der Waals surface area (Å²) in [4.78, 5) is 39.1. The summed E-state index contributed by atoms with van der Waals surface area (Å²) in [6, 6.07) is 5.86. The smallest absolute Gasteiger partial charge is 0.306 e. The van der Waals surface area contributed by atoms with Crippen LogP contribution < -0.4 is 20.3 Å². The molecule has 248 valence electrons. The molecule has 0 bridgehead atoms. The molecule has 1 aromatic carbocycles. The summed E-state index contributed by atoms with van der Waals surface area (Å²) >= 11 is 0. The molecule has 45 heavy (non-hydrogen) atoms. The topological polar surface area (TPSA) is 104 Å². The lowest BCUT2D eigenvalue weighted by Crippen LogP contribution is -2.35. The summed E-state index contributed by atoms with van der Waals surface area (Å²) in [7, 11) is 8.76. The third-order valence-corrected chi connectivity index (χ3v) is 7.77. The monoisotopic (exact) mass is 624 g/mol. The fraction of sp³-hybridized carbons (Fsp3) is 0.571. The van der Waals surface area contributed by atoms with E-state index in [9.17, 15) is 14.4 Å². The van der Waals surface area contributed by atoms with E-state index in [1.165, 1.54) is 0 Å². The van der Waals surface area contributed by atoms with Crippen LogP contribution in [0.25, 0.3) is 22.0 Å². The number of esters is 1. The van der Waals surface area contributed by atoms with Crippen LogP contribution in [-0.4, -0.2) is 65.9 Å². The number of amides is 1. The van der Waals surface area contributed by atoms with Crippen LogP contribution in [0.3, 0.4) is 0 Å². The second-order valence-electron chi connectivity index (χ2n) is 12.8. The zero-order valence-electron chi connectivity index (χ0n) is 28.5. The number of nitrogens with zero attached hydrogens (tertiary/aromatic N) is 3. The number of hydrogen-bond acceptors (Lipinski definition) is 7. The first-order chi connectivity index (χ1) is 21.3. The Morgan fingerprint density at radius 3 is 2.11 bits per heavy atom. The van der Waals surface area contributed by atoms with E-state index in [2.05, 4.69) is 5.32 Å². The van der Waals surface area contributed by atoms with Crippen LogP contribution in [-0.2, 0) is 35.0 Å². The Balaban J connectivity index is 1.46. The molecule has 0 radical (unpaired) electrons. The van der Waals surface area contributed by atoms with Gasteiger partial charge in [0.05, 0.1) is 26.3 Å². The number of unbranched alkanes of at least 4 members (excludes halogenated alkanes) is 6. The standard InChI is InChI=1S/C35H52N4O6/c1-35(2,3)45-32(41)16-14-12-10-9-11-13-15-18-36-31(40)24-37(4)22-28-29(43-7)20-25(21-30(28)44-8)27-23-39(6)34(42)33-26(27)17-19-38(33)5/h17,19-21,23H,9-16,18,22,24H2,1-8H3,(H,36,40). The zero-order chi connectivity index (χ0) is 33.1. The minimum Gasteiger partial charge on any atom is -0.496 e. The van der Waals surface area contributed by atoms with Crippen molar-refractivity contribution in [3.63, 3.8) is 0 Å². The Kier molecular flexibility index (Phi) is 13.1. The van der Waals surface area contributed by atoms with E-state index in [-0.39, 0.29) is 24.0 Å². The average molecular weight is 625 g/mol. The molecule has 0 spiro atoms. The maximum Gasteiger partial charge on any atom is 0.306 e. The van der Waals surface area contributed by atoms with Gasteiger partial charge < -0.3 is 28.7 Å². The summed E-state index contributed by atoms with van der Waals surface area (Å²) < 4.78 is 20.3. The molecule has 3 aromatic rings. The van der Waals surface area contributed by atoms with Gasteiger partial charge in [-0.1, -0.05) is 32.1 Å². The summed E-state index contributed by atoms with van der Waals surface area (Å²) in [5.74, 6) is 1.16. The highest BCUT2D eigenvalue weighted by Crippen LogP contribution is 2.37. The van der Waals surface area contributed by atoms with E-state index in [1.54, 1.807) is 25.8 Å². The van der Waals surface area contributed by atoms with Gasteiger partial charge in [0.2, 0.25) is 5.91 Å². The molecule has 0 saturated heterocycles. The van der Waals surface area contributed by atoms with Gasteiger partial charge in [0.25, 0.3) is 5.56 Å². The van der Waals surface area contributed by atoms with Gasteiger partial charge in [0.15, 0.2) is 0 Å². The lowest BCUT2D eigenvalue weighted by molar-refractivity contribution is -0.154. The molecule has 0 aliphatic rings. The van der Waals surface area contributed by atoms with Gasteiger partial charge in [0.1, 0.15) is 22.6 Å². The Morgan fingerprint density at radius 2 is 1.51 bits per heavy atom. The first-order valence-corrected chi connectivity index (χ1v) is 15.9. The maximum atomic E-state index is 12.7. The number of benzene rings is 1. The minimum atomic E-state index is -0.417. The molecule has 0 saturated carbocycles. The number of carbonyl (C=O) groups is 2. The molecule has 3 rings (SSSR count). The number of carbonyl (C=O) groups excluding carboxylic acids is 2. The van der Waals surface area contributed by atoms with Crippen molar-refractivity contribution < 1.29 is 23.8 Å². The van der Waals surface area contributed by atoms with Gasteiger partial charge in [-0.25, -0.2) is 0 Å². The molecule has 0 unspecified atom stereocenters. The van der Waals surface area contributed by atoms with Gasteiger partial charge >= 0.3 is 5.97 Å². The van der Waals surface area contributed by atoms with Crippen molar-refractivity contribution >= 4 is 22.8 Å². The summed E-state index contributed by atoms with van der Waals surface area (Å²) in [5, 5.41) is 3.90. The van der Waals surface area contributed by atoms with Crippen LogP contribution >= 0.6 is 0 Å². The molecule has 0 aliphatic carbocycles. The van der Waals surface area contributed by atoms with Crippen LogP contribution in [0.5, 0.6) is 11.5 Å². The predicted octanol–water partition coefficient (Wildman–Crippen LogP) is 5.57. The van der Waals surface area contributed by atoms with E-state index in [0.29, 0.717) is 36.5 Å². The molecule has 10 heteroatoms. The lowest BCUT2D eigenvalue weighted by Gasteiger charge is -2.21. The summed E-state index contributed by atoms with van der Waals surface area (Å²) in [6.45, 7) is 7.03. The molecule has 0 aliphatic heterocycles. The van der Waals surface area contributed by atoms with Gasteiger partial charge in [0, 0.05) is 56.9 Å². The molecule has 0 fully saturated rings. The van der Waals surface area contributed by atoms with Crippen LogP contribution in [0.4, 0.5) is 0 Å². The van der Waals surface area contributed by atoms with Gasteiger partial charge in [-0.05, 0) is 64.4 Å². The van der Waals surface area contributed by atoms with Crippen molar-refractivity contribution in [2.75, 3.05) is 34.4 Å². The van der Waals surface area contributed by atoms with Crippen molar-refractivity contribution in [2.45, 2.75) is 84.3 Å². The van der Waals surface area contributed by atoms with E-state index in [0.717, 1.165) is 67.0 Å². The number of rotatable bonds is 17. The molecular formula is C35H52N4O6. The van der Waals surface area contributed by atoms with Crippen LogP contribution in [0.1, 0.15) is 77.7 Å². The maximum absolute atomic E-state index is 12.7. The quantitative estimate of drug-likeness (QED) is 0.155. The number of aryl methyl sites for hydroxylation is 2. The van der Waals surface area contributed by atoms with Crippen molar-refractivity contribution in [1.82, 2.24) is 19.4 Å². The minimum absolute atomic E-state index is 0.0223. The van der Waals surface area contributed by atoms with E-state index >= 15 is 0 Å². The van der Waals surface area contributed by atoms with Gasteiger partial charge in [-0.15, -0.1) is 0 Å². The molecule has 1 N–H and O–H groups in total. The van der Waals surface area contributed by atoms with Crippen molar-refractivity contribution in [3.05, 3.63) is 46.5 Å². The Hall–Kier alpha value is -3.79. The molecule has 1 amide bonds. The fourth-order valence-electron chi connectivity index (χ4n) is 5.55. The normalized spacial score (nSPS) is 11.7. The number of pyridine rings is 1. The number of methoxy groups -OCH3 is 2. The number of likely N-dealkylation sites (N-methyl/N-ethyl adjacent to an activating group) is 1. The van der Waals surface area contributed by atoms with Gasteiger partial charge in [-0.3, -0.25) is 19.3 Å². The first-order valence-electron chi connectivity index (χ1n) is 15.9. The molecule has 2 aromatic heterocycles. The molecular weight excluding hydrogens is 572 g/mol. The number of nitrogens with one attached hydrogen (secondary N) is 1. The number of ether oxygens (including phenoxy) is 3. The largest absolute Gasteiger partial charge is 0.496 e. The van der Waals surface area contributed by atoms with Crippen LogP contribution in [0, 0.1) is 0 Å². The van der Waals surface area contributed by atoms with Crippen LogP contribution in [0.2, 0.25) is 0 Å². The lowest BCUT2D eigenvalue weighted by atomic mass is 10.00. The van der Waals surface area contributed by atoms with E-state index in [1.807, 2.05) is 74.9 Å². The zero-order valence-corrected chi connectivity index (χ0v) is 28.5. The van der Waals surface area contributed by atoms with Crippen molar-refractivity contribution in [1.29, 1.82) is 0 Å². The number of hydrogen-bond donors (Lipinski definition) is 1. The molecule has 0 atom stereocenters. The second-order valence-corrected chi connectivity index (χ2v) is 12.8.